The van der Waals surface area contributed by atoms with Gasteiger partial charge in [-0.2, -0.15) is 0 Å². The molecule has 0 radical (unpaired) electrons. The SMILES string of the molecule is CC(=O)c1nnn(Cc2ccc(C(=O)OC(C)C)cc2)c1C. The standard InChI is InChI=1S/C16H19N3O3/c1-10(2)22-16(21)14-7-5-13(6-8-14)9-19-11(3)15(12(4)20)17-18-19/h5-8,10H,9H2,1-4H3. The fraction of sp³-hybridized carbons (Fsp3) is 0.375. The summed E-state index contributed by atoms with van der Waals surface area (Å²) in [5.74, 6) is -0.437. The second-order valence-electron chi connectivity index (χ2n) is 5.39. The topological polar surface area (TPSA) is 74.1 Å². The molecular weight excluding hydrogens is 282 g/mol. The first-order valence-electron chi connectivity index (χ1n) is 7.09. The average Bonchev–Trinajstić information content (AvgIpc) is 2.80. The number of benzene rings is 1. The summed E-state index contributed by atoms with van der Waals surface area (Å²) in [6, 6.07) is 7.12. The summed E-state index contributed by atoms with van der Waals surface area (Å²) in [5.41, 5.74) is 2.59. The van der Waals surface area contributed by atoms with Gasteiger partial charge in [-0.05, 0) is 38.5 Å². The Bertz CT molecular complexity index is 687. The third kappa shape index (κ3) is 3.58. The molecule has 1 heterocycles. The molecule has 0 bridgehead atoms. The van der Waals surface area contributed by atoms with Gasteiger partial charge in [0.2, 0.25) is 0 Å². The lowest BCUT2D eigenvalue weighted by atomic mass is 10.1. The van der Waals surface area contributed by atoms with Gasteiger partial charge in [0.15, 0.2) is 11.5 Å². The van der Waals surface area contributed by atoms with Crippen molar-refractivity contribution in [3.8, 4) is 0 Å². The van der Waals surface area contributed by atoms with E-state index < -0.39 is 0 Å². The van der Waals surface area contributed by atoms with Gasteiger partial charge in [-0.25, -0.2) is 9.48 Å². The number of hydrogen-bond acceptors (Lipinski definition) is 5. The minimum atomic E-state index is -0.336. The van der Waals surface area contributed by atoms with Crippen molar-refractivity contribution >= 4 is 11.8 Å². The van der Waals surface area contributed by atoms with Gasteiger partial charge in [0.25, 0.3) is 0 Å². The van der Waals surface area contributed by atoms with Crippen LogP contribution in [-0.4, -0.2) is 32.9 Å². The van der Waals surface area contributed by atoms with Crippen molar-refractivity contribution in [2.24, 2.45) is 0 Å². The number of ether oxygens (including phenoxy) is 1. The Balaban J connectivity index is 2.12. The van der Waals surface area contributed by atoms with Crippen molar-refractivity contribution in [1.29, 1.82) is 0 Å². The van der Waals surface area contributed by atoms with Crippen LogP contribution >= 0.6 is 0 Å². The molecule has 0 atom stereocenters. The molecule has 2 aromatic rings. The molecule has 2 rings (SSSR count). The van der Waals surface area contributed by atoms with E-state index in [1.165, 1.54) is 6.92 Å². The van der Waals surface area contributed by atoms with Gasteiger partial charge < -0.3 is 4.74 Å². The van der Waals surface area contributed by atoms with Gasteiger partial charge in [-0.15, -0.1) is 5.10 Å². The van der Waals surface area contributed by atoms with Crippen molar-refractivity contribution in [2.75, 3.05) is 0 Å². The van der Waals surface area contributed by atoms with E-state index in [1.54, 1.807) is 16.8 Å². The number of Topliss-reactive ketones (excluding diaryl/α,β-unsaturated/α-hetero) is 1. The molecule has 0 N–H and O–H groups in total. The molecule has 0 aliphatic carbocycles. The lowest BCUT2D eigenvalue weighted by molar-refractivity contribution is 0.0378. The predicted octanol–water partition coefficient (Wildman–Crippen LogP) is 2.40. The molecule has 0 fully saturated rings. The first-order chi connectivity index (χ1) is 10.4. The molecule has 1 aromatic heterocycles. The molecule has 1 aromatic carbocycles. The molecule has 0 amide bonds. The summed E-state index contributed by atoms with van der Waals surface area (Å²) in [6.07, 6.45) is -0.144. The summed E-state index contributed by atoms with van der Waals surface area (Å²) in [6.45, 7) is 7.39. The van der Waals surface area contributed by atoms with Gasteiger partial charge >= 0.3 is 5.97 Å². The van der Waals surface area contributed by atoms with E-state index in [1.807, 2.05) is 32.9 Å². The normalized spacial score (nSPS) is 10.8. The smallest absolute Gasteiger partial charge is 0.338 e. The maximum Gasteiger partial charge on any atom is 0.338 e. The highest BCUT2D eigenvalue weighted by Crippen LogP contribution is 2.11. The van der Waals surface area contributed by atoms with Crippen LogP contribution in [0.25, 0.3) is 0 Å². The lowest BCUT2D eigenvalue weighted by Crippen LogP contribution is -2.11. The predicted molar refractivity (Wildman–Crippen MR) is 80.9 cm³/mol. The minimum absolute atomic E-state index is 0.101. The van der Waals surface area contributed by atoms with E-state index in [2.05, 4.69) is 10.3 Å². The first kappa shape index (κ1) is 15.9. The van der Waals surface area contributed by atoms with Crippen LogP contribution < -0.4 is 0 Å². The zero-order valence-corrected chi connectivity index (χ0v) is 13.2. The number of esters is 1. The van der Waals surface area contributed by atoms with Gasteiger partial charge in [-0.1, -0.05) is 17.3 Å². The zero-order valence-electron chi connectivity index (χ0n) is 13.2. The van der Waals surface area contributed by atoms with Crippen LogP contribution in [-0.2, 0) is 11.3 Å². The fourth-order valence-corrected chi connectivity index (χ4v) is 2.04. The Labute approximate surface area is 129 Å². The fourth-order valence-electron chi connectivity index (χ4n) is 2.04. The Hall–Kier alpha value is -2.50. The van der Waals surface area contributed by atoms with Gasteiger partial charge in [0, 0.05) is 6.92 Å². The third-order valence-corrected chi connectivity index (χ3v) is 3.18. The Morgan fingerprint density at radius 3 is 2.36 bits per heavy atom. The van der Waals surface area contributed by atoms with Crippen LogP contribution in [0.1, 0.15) is 52.9 Å². The second-order valence-corrected chi connectivity index (χ2v) is 5.39. The molecule has 0 saturated heterocycles. The molecule has 0 unspecified atom stereocenters. The van der Waals surface area contributed by atoms with Crippen LogP contribution in [0.3, 0.4) is 0 Å². The third-order valence-electron chi connectivity index (χ3n) is 3.18. The van der Waals surface area contributed by atoms with Crippen LogP contribution in [0.5, 0.6) is 0 Å². The average molecular weight is 301 g/mol. The molecule has 6 nitrogen and oxygen atoms in total. The Morgan fingerprint density at radius 1 is 1.23 bits per heavy atom. The van der Waals surface area contributed by atoms with Crippen LogP contribution in [0.4, 0.5) is 0 Å². The van der Waals surface area contributed by atoms with Crippen molar-refractivity contribution in [3.05, 3.63) is 46.8 Å². The van der Waals surface area contributed by atoms with Crippen LogP contribution in [0.2, 0.25) is 0 Å². The number of nitrogens with zero attached hydrogens (tertiary/aromatic N) is 3. The molecule has 0 aliphatic heterocycles. The number of carbonyl (C=O) groups is 2. The monoisotopic (exact) mass is 301 g/mol. The number of rotatable bonds is 5. The van der Waals surface area contributed by atoms with E-state index in [-0.39, 0.29) is 17.9 Å². The maximum absolute atomic E-state index is 11.8. The second kappa shape index (κ2) is 6.51. The Kier molecular flexibility index (Phi) is 4.70. The van der Waals surface area contributed by atoms with Gasteiger partial charge in [0.05, 0.1) is 23.9 Å². The van der Waals surface area contributed by atoms with Crippen LogP contribution in [0.15, 0.2) is 24.3 Å². The lowest BCUT2D eigenvalue weighted by Gasteiger charge is -2.08. The minimum Gasteiger partial charge on any atom is -0.459 e. The molecule has 0 saturated carbocycles. The molecule has 6 heteroatoms. The highest BCUT2D eigenvalue weighted by molar-refractivity contribution is 5.93. The van der Waals surface area contributed by atoms with Crippen molar-refractivity contribution in [3.63, 3.8) is 0 Å². The van der Waals surface area contributed by atoms with E-state index in [9.17, 15) is 9.59 Å². The summed E-state index contributed by atoms with van der Waals surface area (Å²) in [4.78, 5) is 23.1. The summed E-state index contributed by atoms with van der Waals surface area (Å²) in [5, 5.41) is 7.86. The summed E-state index contributed by atoms with van der Waals surface area (Å²) < 4.78 is 6.80. The van der Waals surface area contributed by atoms with E-state index >= 15 is 0 Å². The van der Waals surface area contributed by atoms with E-state index in [0.717, 1.165) is 11.3 Å². The maximum atomic E-state index is 11.8. The summed E-state index contributed by atoms with van der Waals surface area (Å²) >= 11 is 0. The number of ketones is 1. The number of carbonyl (C=O) groups excluding carboxylic acids is 2. The molecule has 0 aliphatic rings. The molecular formula is C16H19N3O3. The Morgan fingerprint density at radius 2 is 1.86 bits per heavy atom. The van der Waals surface area contributed by atoms with Crippen LogP contribution in [0, 0.1) is 6.92 Å². The van der Waals surface area contributed by atoms with Crippen molar-refractivity contribution in [2.45, 2.75) is 40.3 Å². The van der Waals surface area contributed by atoms with Crippen molar-refractivity contribution < 1.29 is 14.3 Å². The molecule has 22 heavy (non-hydrogen) atoms. The van der Waals surface area contributed by atoms with Gasteiger partial charge in [0.1, 0.15) is 0 Å². The van der Waals surface area contributed by atoms with E-state index in [0.29, 0.717) is 17.8 Å². The first-order valence-corrected chi connectivity index (χ1v) is 7.09. The summed E-state index contributed by atoms with van der Waals surface area (Å²) in [7, 11) is 0. The van der Waals surface area contributed by atoms with E-state index in [4.69, 9.17) is 4.74 Å². The molecule has 0 spiro atoms. The number of hydrogen-bond donors (Lipinski definition) is 0. The zero-order chi connectivity index (χ0) is 16.3. The van der Waals surface area contributed by atoms with Gasteiger partial charge in [-0.3, -0.25) is 4.79 Å². The quantitative estimate of drug-likeness (QED) is 0.626. The molecule has 116 valence electrons. The highest BCUT2D eigenvalue weighted by atomic mass is 16.5. The number of aromatic nitrogens is 3. The highest BCUT2D eigenvalue weighted by Gasteiger charge is 2.13. The van der Waals surface area contributed by atoms with Crippen molar-refractivity contribution in [1.82, 2.24) is 15.0 Å². The largest absolute Gasteiger partial charge is 0.459 e.